The van der Waals surface area contributed by atoms with Crippen LogP contribution in [0.2, 0.25) is 0 Å². The molecule has 0 aromatic carbocycles. The maximum Gasteiger partial charge on any atom is 0.228 e. The third-order valence-electron chi connectivity index (χ3n) is 2.83. The van der Waals surface area contributed by atoms with Crippen molar-refractivity contribution in [3.8, 4) is 0 Å². The molecule has 1 saturated heterocycles. The highest BCUT2D eigenvalue weighted by molar-refractivity contribution is 7.10. The third kappa shape index (κ3) is 2.62. The zero-order valence-electron chi connectivity index (χ0n) is 9.68. The van der Waals surface area contributed by atoms with Crippen LogP contribution < -0.4 is 0 Å². The molecule has 1 aliphatic rings. The summed E-state index contributed by atoms with van der Waals surface area (Å²) in [5, 5.41) is 2.01. The van der Waals surface area contributed by atoms with Gasteiger partial charge in [-0.3, -0.25) is 4.79 Å². The quantitative estimate of drug-likeness (QED) is 0.789. The number of carbonyl (C=O) groups excluding carboxylic acids is 1. The van der Waals surface area contributed by atoms with Crippen LogP contribution in [0.4, 0.5) is 0 Å². The Kier molecular flexibility index (Phi) is 3.61. The van der Waals surface area contributed by atoms with E-state index in [1.807, 2.05) is 36.3 Å². The number of amides is 1. The molecule has 0 spiro atoms. The second-order valence-electron chi connectivity index (χ2n) is 4.30. The van der Waals surface area contributed by atoms with E-state index in [1.165, 1.54) is 0 Å². The second kappa shape index (κ2) is 4.97. The normalized spacial score (nSPS) is 25.8. The number of nitrogens with zero attached hydrogens (tertiary/aromatic N) is 1. The molecule has 1 aliphatic heterocycles. The molecule has 0 bridgehead atoms. The lowest BCUT2D eigenvalue weighted by atomic mass is 10.2. The third-order valence-corrected chi connectivity index (χ3v) is 3.71. The lowest BCUT2D eigenvalue weighted by Gasteiger charge is -2.36. The first-order chi connectivity index (χ1) is 7.66. The molecule has 2 rings (SSSR count). The fraction of sp³-hybridized carbons (Fsp3) is 0.583. The summed E-state index contributed by atoms with van der Waals surface area (Å²) < 4.78 is 5.51. The standard InChI is InChI=1S/C12H17NO2S/c1-9-8-15-10(2)7-13(9)12(14)6-11-4-3-5-16-11/h3-5,9-10H,6-8H2,1-2H3/t9-,10-/m0/s1. The summed E-state index contributed by atoms with van der Waals surface area (Å²) in [7, 11) is 0. The minimum atomic E-state index is 0.156. The first-order valence-electron chi connectivity index (χ1n) is 5.60. The van der Waals surface area contributed by atoms with Gasteiger partial charge in [0.1, 0.15) is 0 Å². The van der Waals surface area contributed by atoms with Gasteiger partial charge in [0.25, 0.3) is 0 Å². The van der Waals surface area contributed by atoms with E-state index in [1.54, 1.807) is 11.3 Å². The maximum atomic E-state index is 12.1. The van der Waals surface area contributed by atoms with Gasteiger partial charge in [-0.15, -0.1) is 11.3 Å². The first-order valence-corrected chi connectivity index (χ1v) is 6.48. The molecule has 2 atom stereocenters. The van der Waals surface area contributed by atoms with Gasteiger partial charge < -0.3 is 9.64 Å². The predicted octanol–water partition coefficient (Wildman–Crippen LogP) is 1.93. The molecule has 1 aromatic rings. The van der Waals surface area contributed by atoms with E-state index in [2.05, 4.69) is 0 Å². The molecule has 16 heavy (non-hydrogen) atoms. The van der Waals surface area contributed by atoms with Gasteiger partial charge >= 0.3 is 0 Å². The molecule has 4 heteroatoms. The smallest absolute Gasteiger partial charge is 0.228 e. The molecule has 0 radical (unpaired) electrons. The Morgan fingerprint density at radius 2 is 2.44 bits per heavy atom. The van der Waals surface area contributed by atoms with Crippen LogP contribution >= 0.6 is 11.3 Å². The van der Waals surface area contributed by atoms with Crippen molar-refractivity contribution in [2.75, 3.05) is 13.2 Å². The molecule has 3 nitrogen and oxygen atoms in total. The average molecular weight is 239 g/mol. The van der Waals surface area contributed by atoms with Crippen LogP contribution in [-0.4, -0.2) is 36.1 Å². The SMILES string of the molecule is C[C@H]1CN(C(=O)Cc2cccs2)[C@@H](C)CO1. The van der Waals surface area contributed by atoms with E-state index in [0.717, 1.165) is 4.88 Å². The van der Waals surface area contributed by atoms with Gasteiger partial charge in [-0.1, -0.05) is 6.07 Å². The van der Waals surface area contributed by atoms with E-state index in [9.17, 15) is 4.79 Å². The lowest BCUT2D eigenvalue weighted by molar-refractivity contribution is -0.142. The Balaban J connectivity index is 1.97. The summed E-state index contributed by atoms with van der Waals surface area (Å²) in [6, 6.07) is 4.19. The fourth-order valence-electron chi connectivity index (χ4n) is 1.91. The summed E-state index contributed by atoms with van der Waals surface area (Å²) in [5.74, 6) is 0.213. The van der Waals surface area contributed by atoms with Gasteiger partial charge in [-0.25, -0.2) is 0 Å². The summed E-state index contributed by atoms with van der Waals surface area (Å²) >= 11 is 1.64. The van der Waals surface area contributed by atoms with Crippen molar-refractivity contribution in [2.24, 2.45) is 0 Å². The second-order valence-corrected chi connectivity index (χ2v) is 5.33. The van der Waals surface area contributed by atoms with Crippen LogP contribution in [0, 0.1) is 0 Å². The summed E-state index contributed by atoms with van der Waals surface area (Å²) in [6.07, 6.45) is 0.679. The minimum Gasteiger partial charge on any atom is -0.375 e. The summed E-state index contributed by atoms with van der Waals surface area (Å²) in [4.78, 5) is 15.2. The van der Waals surface area contributed by atoms with Crippen molar-refractivity contribution in [3.63, 3.8) is 0 Å². The lowest BCUT2D eigenvalue weighted by Crippen LogP contribution is -2.50. The number of hydrogen-bond donors (Lipinski definition) is 0. The number of thiophene rings is 1. The maximum absolute atomic E-state index is 12.1. The minimum absolute atomic E-state index is 0.156. The fourth-order valence-corrected chi connectivity index (χ4v) is 2.61. The van der Waals surface area contributed by atoms with Gasteiger partial charge in [-0.05, 0) is 25.3 Å². The highest BCUT2D eigenvalue weighted by atomic mass is 32.1. The Bertz CT molecular complexity index is 350. The molecular formula is C12H17NO2S. The number of ether oxygens (including phenoxy) is 1. The molecule has 1 fully saturated rings. The Hall–Kier alpha value is -0.870. The highest BCUT2D eigenvalue weighted by Gasteiger charge is 2.27. The van der Waals surface area contributed by atoms with Crippen molar-refractivity contribution in [2.45, 2.75) is 32.4 Å². The van der Waals surface area contributed by atoms with Crippen LogP contribution in [0.25, 0.3) is 0 Å². The van der Waals surface area contributed by atoms with E-state index in [0.29, 0.717) is 19.6 Å². The average Bonchev–Trinajstić information content (AvgIpc) is 2.74. The van der Waals surface area contributed by atoms with E-state index < -0.39 is 0 Å². The van der Waals surface area contributed by atoms with Gasteiger partial charge in [-0.2, -0.15) is 0 Å². The molecule has 88 valence electrons. The van der Waals surface area contributed by atoms with Crippen molar-refractivity contribution >= 4 is 17.2 Å². The molecule has 0 unspecified atom stereocenters. The Labute approximate surface area is 100 Å². The van der Waals surface area contributed by atoms with Crippen molar-refractivity contribution < 1.29 is 9.53 Å². The predicted molar refractivity (Wildman–Crippen MR) is 64.6 cm³/mol. The summed E-state index contributed by atoms with van der Waals surface area (Å²) in [6.45, 7) is 5.41. The first kappa shape index (κ1) is 11.6. The van der Waals surface area contributed by atoms with Gasteiger partial charge in [0.05, 0.1) is 25.2 Å². The van der Waals surface area contributed by atoms with Gasteiger partial charge in [0, 0.05) is 11.4 Å². The molecule has 0 N–H and O–H groups in total. The molecule has 1 amide bonds. The molecule has 1 aromatic heterocycles. The van der Waals surface area contributed by atoms with Crippen molar-refractivity contribution in [3.05, 3.63) is 22.4 Å². The number of rotatable bonds is 2. The number of hydrogen-bond acceptors (Lipinski definition) is 3. The van der Waals surface area contributed by atoms with Crippen LogP contribution in [0.5, 0.6) is 0 Å². The Morgan fingerprint density at radius 3 is 3.12 bits per heavy atom. The van der Waals surface area contributed by atoms with Crippen LogP contribution in [0.15, 0.2) is 17.5 Å². The molecule has 0 aliphatic carbocycles. The van der Waals surface area contributed by atoms with Gasteiger partial charge in [0.15, 0.2) is 0 Å². The largest absolute Gasteiger partial charge is 0.375 e. The zero-order valence-corrected chi connectivity index (χ0v) is 10.5. The molecular weight excluding hydrogens is 222 g/mol. The number of carbonyl (C=O) groups is 1. The van der Waals surface area contributed by atoms with E-state index >= 15 is 0 Å². The van der Waals surface area contributed by atoms with E-state index in [-0.39, 0.29) is 18.1 Å². The van der Waals surface area contributed by atoms with Crippen molar-refractivity contribution in [1.29, 1.82) is 0 Å². The summed E-state index contributed by atoms with van der Waals surface area (Å²) in [5.41, 5.74) is 0. The van der Waals surface area contributed by atoms with Crippen LogP contribution in [0.1, 0.15) is 18.7 Å². The highest BCUT2D eigenvalue weighted by Crippen LogP contribution is 2.15. The van der Waals surface area contributed by atoms with Crippen LogP contribution in [0.3, 0.4) is 0 Å². The number of morpholine rings is 1. The Morgan fingerprint density at radius 1 is 1.62 bits per heavy atom. The monoisotopic (exact) mass is 239 g/mol. The van der Waals surface area contributed by atoms with Crippen LogP contribution in [-0.2, 0) is 16.0 Å². The zero-order chi connectivity index (χ0) is 11.5. The van der Waals surface area contributed by atoms with Crippen molar-refractivity contribution in [1.82, 2.24) is 4.90 Å². The molecule has 2 heterocycles. The topological polar surface area (TPSA) is 29.5 Å². The van der Waals surface area contributed by atoms with E-state index in [4.69, 9.17) is 4.74 Å². The molecule has 0 saturated carbocycles. The van der Waals surface area contributed by atoms with Gasteiger partial charge in [0.2, 0.25) is 5.91 Å².